The number of ether oxygens (including phenoxy) is 1. The zero-order chi connectivity index (χ0) is 12.3. The molecule has 1 aromatic carbocycles. The van der Waals surface area contributed by atoms with Crippen LogP contribution < -0.4 is 0 Å². The van der Waals surface area contributed by atoms with Gasteiger partial charge in [-0.1, -0.05) is 28.1 Å². The van der Waals surface area contributed by atoms with E-state index in [0.717, 1.165) is 23.1 Å². The van der Waals surface area contributed by atoms with Gasteiger partial charge in [0.25, 0.3) is 0 Å². The first-order valence-corrected chi connectivity index (χ1v) is 6.52. The van der Waals surface area contributed by atoms with E-state index in [1.807, 2.05) is 24.3 Å². The van der Waals surface area contributed by atoms with Gasteiger partial charge < -0.3 is 9.84 Å². The maximum absolute atomic E-state index is 11.3. The van der Waals surface area contributed by atoms with Crippen molar-refractivity contribution in [1.29, 1.82) is 0 Å². The van der Waals surface area contributed by atoms with Gasteiger partial charge in [-0.25, -0.2) is 0 Å². The molecule has 1 saturated heterocycles. The lowest BCUT2D eigenvalue weighted by Crippen LogP contribution is -2.16. The lowest BCUT2D eigenvalue weighted by molar-refractivity contribution is -0.139. The highest BCUT2D eigenvalue weighted by Crippen LogP contribution is 2.29. The normalized spacial score (nSPS) is 21.4. The minimum atomic E-state index is -0.751. The van der Waals surface area contributed by atoms with E-state index in [1.54, 1.807) is 0 Å². The summed E-state index contributed by atoms with van der Waals surface area (Å²) in [5.41, 5.74) is 0.868. The van der Waals surface area contributed by atoms with Gasteiger partial charge in [-0.15, -0.1) is 0 Å². The Morgan fingerprint density at radius 1 is 1.47 bits per heavy atom. The molecule has 2 atom stereocenters. The second kappa shape index (κ2) is 5.65. The van der Waals surface area contributed by atoms with Crippen LogP contribution >= 0.6 is 15.9 Å². The molecular formula is C13H15BrO3. The Balaban J connectivity index is 2.10. The number of hydrogen-bond acceptors (Lipinski definition) is 2. The van der Waals surface area contributed by atoms with Crippen molar-refractivity contribution in [2.75, 3.05) is 13.2 Å². The first-order chi connectivity index (χ1) is 8.16. The predicted octanol–water partition coefficient (Wildman–Crippen LogP) is 3.04. The Morgan fingerprint density at radius 3 is 2.71 bits per heavy atom. The third kappa shape index (κ3) is 3.30. The van der Waals surface area contributed by atoms with Crippen molar-refractivity contribution in [3.63, 3.8) is 0 Å². The number of carboxylic acid groups (broad SMARTS) is 1. The van der Waals surface area contributed by atoms with E-state index in [4.69, 9.17) is 4.74 Å². The minimum Gasteiger partial charge on any atom is -0.481 e. The topological polar surface area (TPSA) is 46.5 Å². The molecule has 1 aliphatic heterocycles. The fourth-order valence-corrected chi connectivity index (χ4v) is 2.44. The van der Waals surface area contributed by atoms with Crippen LogP contribution in [-0.4, -0.2) is 24.3 Å². The van der Waals surface area contributed by atoms with Crippen molar-refractivity contribution in [3.05, 3.63) is 34.3 Å². The Bertz CT molecular complexity index is 382. The van der Waals surface area contributed by atoms with Gasteiger partial charge in [-0.05, 0) is 36.5 Å². The van der Waals surface area contributed by atoms with E-state index in [2.05, 4.69) is 15.9 Å². The third-order valence-electron chi connectivity index (χ3n) is 3.16. The van der Waals surface area contributed by atoms with E-state index in [9.17, 15) is 9.90 Å². The zero-order valence-electron chi connectivity index (χ0n) is 9.43. The molecule has 1 aliphatic rings. The molecule has 1 fully saturated rings. The predicted molar refractivity (Wildman–Crippen MR) is 68.1 cm³/mol. The summed E-state index contributed by atoms with van der Waals surface area (Å²) in [6, 6.07) is 7.52. The maximum atomic E-state index is 11.3. The van der Waals surface area contributed by atoms with Gasteiger partial charge in [-0.3, -0.25) is 4.79 Å². The van der Waals surface area contributed by atoms with Crippen LogP contribution in [0.3, 0.4) is 0 Å². The van der Waals surface area contributed by atoms with Crippen molar-refractivity contribution < 1.29 is 14.6 Å². The molecule has 17 heavy (non-hydrogen) atoms. The van der Waals surface area contributed by atoms with E-state index < -0.39 is 11.9 Å². The van der Waals surface area contributed by atoms with Crippen LogP contribution in [0.2, 0.25) is 0 Å². The van der Waals surface area contributed by atoms with Gasteiger partial charge in [-0.2, -0.15) is 0 Å². The molecule has 1 aromatic rings. The Hall–Kier alpha value is -0.870. The van der Waals surface area contributed by atoms with Crippen molar-refractivity contribution in [2.24, 2.45) is 5.92 Å². The van der Waals surface area contributed by atoms with Gasteiger partial charge in [0.05, 0.1) is 5.92 Å². The van der Waals surface area contributed by atoms with Gasteiger partial charge in [0.1, 0.15) is 0 Å². The van der Waals surface area contributed by atoms with Gasteiger partial charge in [0.15, 0.2) is 0 Å². The molecular weight excluding hydrogens is 284 g/mol. The highest BCUT2D eigenvalue weighted by Gasteiger charge is 2.26. The molecule has 0 aromatic heterocycles. The lowest BCUT2D eigenvalue weighted by atomic mass is 9.88. The quantitative estimate of drug-likeness (QED) is 0.929. The highest BCUT2D eigenvalue weighted by atomic mass is 79.9. The van der Waals surface area contributed by atoms with E-state index in [-0.39, 0.29) is 0 Å². The third-order valence-corrected chi connectivity index (χ3v) is 3.69. The maximum Gasteiger partial charge on any atom is 0.310 e. The first kappa shape index (κ1) is 12.6. The van der Waals surface area contributed by atoms with E-state index in [1.165, 1.54) is 0 Å². The highest BCUT2D eigenvalue weighted by molar-refractivity contribution is 9.10. The number of hydrogen-bond donors (Lipinski definition) is 1. The summed E-state index contributed by atoms with van der Waals surface area (Å²) in [5.74, 6) is -0.797. The van der Waals surface area contributed by atoms with Gasteiger partial charge >= 0.3 is 5.97 Å². The number of benzene rings is 1. The van der Waals surface area contributed by atoms with E-state index >= 15 is 0 Å². The van der Waals surface area contributed by atoms with Crippen molar-refractivity contribution in [3.8, 4) is 0 Å². The molecule has 2 unspecified atom stereocenters. The van der Waals surface area contributed by atoms with E-state index in [0.29, 0.717) is 18.9 Å². The summed E-state index contributed by atoms with van der Waals surface area (Å²) in [6.45, 7) is 1.46. The molecule has 2 rings (SSSR count). The number of carbonyl (C=O) groups is 1. The number of halogens is 1. The summed E-state index contributed by atoms with van der Waals surface area (Å²) in [4.78, 5) is 11.3. The SMILES string of the molecule is O=C(O)C(CC1CCOC1)c1ccc(Br)cc1. The Morgan fingerprint density at radius 2 is 2.18 bits per heavy atom. The second-order valence-electron chi connectivity index (χ2n) is 4.41. The van der Waals surface area contributed by atoms with Crippen LogP contribution in [0, 0.1) is 5.92 Å². The fraction of sp³-hybridized carbons (Fsp3) is 0.462. The van der Waals surface area contributed by atoms with Crippen LogP contribution in [0.5, 0.6) is 0 Å². The van der Waals surface area contributed by atoms with Crippen LogP contribution in [-0.2, 0) is 9.53 Å². The zero-order valence-corrected chi connectivity index (χ0v) is 11.0. The smallest absolute Gasteiger partial charge is 0.310 e. The molecule has 0 radical (unpaired) electrons. The molecule has 1 heterocycles. The minimum absolute atomic E-state index is 0.375. The molecule has 0 amide bonds. The van der Waals surface area contributed by atoms with Crippen LogP contribution in [0.1, 0.15) is 24.3 Å². The summed E-state index contributed by atoms with van der Waals surface area (Å²) in [6.07, 6.45) is 1.64. The van der Waals surface area contributed by atoms with Crippen molar-refractivity contribution in [2.45, 2.75) is 18.8 Å². The summed E-state index contributed by atoms with van der Waals surface area (Å²) in [7, 11) is 0. The molecule has 0 bridgehead atoms. The molecule has 92 valence electrons. The molecule has 0 aliphatic carbocycles. The second-order valence-corrected chi connectivity index (χ2v) is 5.32. The van der Waals surface area contributed by atoms with Crippen LogP contribution in [0.25, 0.3) is 0 Å². The standard InChI is InChI=1S/C13H15BrO3/c14-11-3-1-10(2-4-11)12(13(15)16)7-9-5-6-17-8-9/h1-4,9,12H,5-8H2,(H,15,16). The lowest BCUT2D eigenvalue weighted by Gasteiger charge is -2.16. The molecule has 1 N–H and O–H groups in total. The number of rotatable bonds is 4. The average Bonchev–Trinajstić information content (AvgIpc) is 2.80. The van der Waals surface area contributed by atoms with Gasteiger partial charge in [0, 0.05) is 17.7 Å². The monoisotopic (exact) mass is 298 g/mol. The summed E-state index contributed by atoms with van der Waals surface area (Å²) < 4.78 is 6.26. The molecule has 3 nitrogen and oxygen atoms in total. The molecule has 0 spiro atoms. The Kier molecular flexibility index (Phi) is 4.18. The van der Waals surface area contributed by atoms with Crippen molar-refractivity contribution >= 4 is 21.9 Å². The van der Waals surface area contributed by atoms with Gasteiger partial charge in [0.2, 0.25) is 0 Å². The molecule has 0 saturated carbocycles. The first-order valence-electron chi connectivity index (χ1n) is 5.73. The van der Waals surface area contributed by atoms with Crippen LogP contribution in [0.15, 0.2) is 28.7 Å². The summed E-state index contributed by atoms with van der Waals surface area (Å²) >= 11 is 3.35. The number of carboxylic acids is 1. The largest absolute Gasteiger partial charge is 0.481 e. The fourth-order valence-electron chi connectivity index (χ4n) is 2.18. The van der Waals surface area contributed by atoms with Crippen LogP contribution in [0.4, 0.5) is 0 Å². The summed E-state index contributed by atoms with van der Waals surface area (Å²) in [5, 5.41) is 9.30. The van der Waals surface area contributed by atoms with Crippen molar-refractivity contribution in [1.82, 2.24) is 0 Å². The number of aliphatic carboxylic acids is 1. The Labute approximate surface area is 109 Å². The average molecular weight is 299 g/mol. The molecule has 4 heteroatoms.